The van der Waals surface area contributed by atoms with Gasteiger partial charge in [0.2, 0.25) is 10.0 Å². The lowest BCUT2D eigenvalue weighted by molar-refractivity contribution is -0.123. The normalized spacial score (nSPS) is 11.3. The summed E-state index contributed by atoms with van der Waals surface area (Å²) in [5.41, 5.74) is 5.49. The van der Waals surface area contributed by atoms with Crippen molar-refractivity contribution in [1.29, 1.82) is 0 Å². The molecule has 0 heterocycles. The number of amides is 2. The Bertz CT molecular complexity index is 1070. The highest BCUT2D eigenvalue weighted by molar-refractivity contribution is 7.89. The summed E-state index contributed by atoms with van der Waals surface area (Å²) >= 11 is 0. The van der Waals surface area contributed by atoms with Gasteiger partial charge in [0, 0.05) is 13.1 Å². The molecule has 10 heteroatoms. The Morgan fingerprint density at radius 2 is 1.71 bits per heavy atom. The molecular formula is C21H26FN3O5S. The smallest absolute Gasteiger partial charge is 0.276 e. The molecule has 168 valence electrons. The van der Waals surface area contributed by atoms with Crippen LogP contribution in [0.25, 0.3) is 0 Å². The van der Waals surface area contributed by atoms with Crippen molar-refractivity contribution in [2.45, 2.75) is 32.6 Å². The second-order valence-electron chi connectivity index (χ2n) is 6.79. The summed E-state index contributed by atoms with van der Waals surface area (Å²) in [6, 6.07) is 8.47. The van der Waals surface area contributed by atoms with Gasteiger partial charge in [0.05, 0.1) is 10.5 Å². The quantitative estimate of drug-likeness (QED) is 0.600. The topological polar surface area (TPSA) is 105 Å². The summed E-state index contributed by atoms with van der Waals surface area (Å²) in [5.74, 6) is -2.05. The van der Waals surface area contributed by atoms with E-state index in [4.69, 9.17) is 4.74 Å². The minimum atomic E-state index is -3.87. The number of nitrogens with zero attached hydrogens (tertiary/aromatic N) is 1. The second kappa shape index (κ2) is 10.4. The summed E-state index contributed by atoms with van der Waals surface area (Å²) in [5, 5.41) is 0. The molecule has 0 aromatic heterocycles. The van der Waals surface area contributed by atoms with Gasteiger partial charge in [-0.2, -0.15) is 4.31 Å². The van der Waals surface area contributed by atoms with Gasteiger partial charge in [-0.3, -0.25) is 20.4 Å². The molecule has 0 aliphatic carbocycles. The van der Waals surface area contributed by atoms with Crippen molar-refractivity contribution in [1.82, 2.24) is 15.2 Å². The minimum Gasteiger partial charge on any atom is -0.483 e. The van der Waals surface area contributed by atoms with Crippen molar-refractivity contribution in [3.8, 4) is 5.75 Å². The van der Waals surface area contributed by atoms with Crippen LogP contribution < -0.4 is 15.6 Å². The second-order valence-corrected chi connectivity index (χ2v) is 8.73. The molecule has 0 unspecified atom stereocenters. The molecule has 2 aromatic rings. The van der Waals surface area contributed by atoms with Crippen LogP contribution in [0, 0.1) is 19.7 Å². The maximum atomic E-state index is 14.1. The van der Waals surface area contributed by atoms with Gasteiger partial charge in [-0.1, -0.05) is 26.0 Å². The Labute approximate surface area is 181 Å². The van der Waals surface area contributed by atoms with Crippen molar-refractivity contribution in [2.75, 3.05) is 19.7 Å². The van der Waals surface area contributed by atoms with Crippen LogP contribution in [0.3, 0.4) is 0 Å². The SMILES string of the molecule is CCN(CC)S(=O)(=O)c1ccc(F)c(C(=O)NNC(=O)COc2cc(C)ccc2C)c1. The maximum Gasteiger partial charge on any atom is 0.276 e. The number of carbonyl (C=O) groups is 2. The first-order chi connectivity index (χ1) is 14.6. The van der Waals surface area contributed by atoms with Gasteiger partial charge >= 0.3 is 0 Å². The lowest BCUT2D eigenvalue weighted by Gasteiger charge is -2.19. The fraction of sp³-hybridized carbons (Fsp3) is 0.333. The fourth-order valence-corrected chi connectivity index (χ4v) is 4.27. The molecule has 2 amide bonds. The molecule has 0 radical (unpaired) electrons. The van der Waals surface area contributed by atoms with E-state index in [0.29, 0.717) is 5.75 Å². The maximum absolute atomic E-state index is 14.1. The van der Waals surface area contributed by atoms with Gasteiger partial charge in [0.25, 0.3) is 11.8 Å². The predicted octanol–water partition coefficient (Wildman–Crippen LogP) is 2.31. The molecule has 2 aromatic carbocycles. The van der Waals surface area contributed by atoms with Gasteiger partial charge in [-0.25, -0.2) is 12.8 Å². The van der Waals surface area contributed by atoms with E-state index < -0.39 is 33.2 Å². The molecule has 0 saturated heterocycles. The van der Waals surface area contributed by atoms with E-state index in [1.165, 1.54) is 4.31 Å². The molecular weight excluding hydrogens is 425 g/mol. The van der Waals surface area contributed by atoms with Gasteiger partial charge in [0.15, 0.2) is 6.61 Å². The van der Waals surface area contributed by atoms with Crippen molar-refractivity contribution < 1.29 is 27.1 Å². The number of ether oxygens (including phenoxy) is 1. The molecule has 0 aliphatic heterocycles. The highest BCUT2D eigenvalue weighted by Gasteiger charge is 2.24. The van der Waals surface area contributed by atoms with E-state index in [1.807, 2.05) is 26.0 Å². The number of aryl methyl sites for hydroxylation is 2. The number of hydrogen-bond donors (Lipinski definition) is 2. The van der Waals surface area contributed by atoms with Crippen LogP contribution in [-0.4, -0.2) is 44.2 Å². The number of hydrazine groups is 1. The Balaban J connectivity index is 2.05. The Hall–Kier alpha value is -2.98. The zero-order valence-corrected chi connectivity index (χ0v) is 18.7. The molecule has 8 nitrogen and oxygen atoms in total. The lowest BCUT2D eigenvalue weighted by atomic mass is 10.1. The highest BCUT2D eigenvalue weighted by atomic mass is 32.2. The van der Waals surface area contributed by atoms with Crippen molar-refractivity contribution in [2.24, 2.45) is 0 Å². The molecule has 2 N–H and O–H groups in total. The molecule has 2 rings (SSSR count). The first kappa shape index (κ1) is 24.3. The minimum absolute atomic E-state index is 0.215. The van der Waals surface area contributed by atoms with Crippen LogP contribution >= 0.6 is 0 Å². The average molecular weight is 452 g/mol. The van der Waals surface area contributed by atoms with E-state index in [9.17, 15) is 22.4 Å². The van der Waals surface area contributed by atoms with Gasteiger partial charge in [-0.05, 0) is 49.2 Å². The number of rotatable bonds is 8. The van der Waals surface area contributed by atoms with Crippen molar-refractivity contribution >= 4 is 21.8 Å². The van der Waals surface area contributed by atoms with Crippen LogP contribution in [-0.2, 0) is 14.8 Å². The van der Waals surface area contributed by atoms with E-state index in [2.05, 4.69) is 10.9 Å². The zero-order chi connectivity index (χ0) is 23.2. The van der Waals surface area contributed by atoms with Gasteiger partial charge in [0.1, 0.15) is 11.6 Å². The summed E-state index contributed by atoms with van der Waals surface area (Å²) in [6.07, 6.45) is 0. The first-order valence-electron chi connectivity index (χ1n) is 9.69. The highest BCUT2D eigenvalue weighted by Crippen LogP contribution is 2.20. The summed E-state index contributed by atoms with van der Waals surface area (Å²) in [6.45, 7) is 7.15. The molecule has 31 heavy (non-hydrogen) atoms. The molecule has 0 spiro atoms. The number of benzene rings is 2. The third kappa shape index (κ3) is 6.02. The molecule has 0 fully saturated rings. The van der Waals surface area contributed by atoms with Crippen LogP contribution in [0.5, 0.6) is 5.75 Å². The Kier molecular flexibility index (Phi) is 8.12. The lowest BCUT2D eigenvalue weighted by Crippen LogP contribution is -2.44. The average Bonchev–Trinajstić information content (AvgIpc) is 2.73. The number of hydrogen-bond acceptors (Lipinski definition) is 5. The molecule has 0 atom stereocenters. The standard InChI is InChI=1S/C21H26FN3O5S/c1-5-25(6-2)31(28,29)16-9-10-18(22)17(12-16)21(27)24-23-20(26)13-30-19-11-14(3)7-8-15(19)4/h7-12H,5-6,13H2,1-4H3,(H,23,26)(H,24,27). The number of nitrogens with one attached hydrogen (secondary N) is 2. The van der Waals surface area contributed by atoms with Crippen molar-refractivity contribution in [3.63, 3.8) is 0 Å². The van der Waals surface area contributed by atoms with Crippen molar-refractivity contribution in [3.05, 3.63) is 58.9 Å². The van der Waals surface area contributed by atoms with E-state index in [-0.39, 0.29) is 24.6 Å². The fourth-order valence-electron chi connectivity index (χ4n) is 2.79. The summed E-state index contributed by atoms with van der Waals surface area (Å²) in [7, 11) is -3.87. The Morgan fingerprint density at radius 3 is 2.35 bits per heavy atom. The number of halogens is 1. The monoisotopic (exact) mass is 451 g/mol. The van der Waals surface area contributed by atoms with Crippen LogP contribution in [0.15, 0.2) is 41.3 Å². The first-order valence-corrected chi connectivity index (χ1v) is 11.1. The number of carbonyl (C=O) groups excluding carboxylic acids is 2. The van der Waals surface area contributed by atoms with Crippen LogP contribution in [0.1, 0.15) is 35.3 Å². The summed E-state index contributed by atoms with van der Waals surface area (Å²) in [4.78, 5) is 24.1. The molecule has 0 saturated carbocycles. The number of sulfonamides is 1. The van der Waals surface area contributed by atoms with E-state index >= 15 is 0 Å². The van der Waals surface area contributed by atoms with E-state index in [1.54, 1.807) is 19.9 Å². The van der Waals surface area contributed by atoms with E-state index in [0.717, 1.165) is 29.3 Å². The predicted molar refractivity (Wildman–Crippen MR) is 114 cm³/mol. The Morgan fingerprint density at radius 1 is 1.03 bits per heavy atom. The van der Waals surface area contributed by atoms with Gasteiger partial charge in [-0.15, -0.1) is 0 Å². The molecule has 0 aliphatic rings. The van der Waals surface area contributed by atoms with Crippen LogP contribution in [0.4, 0.5) is 4.39 Å². The third-order valence-corrected chi connectivity index (χ3v) is 6.59. The molecule has 0 bridgehead atoms. The largest absolute Gasteiger partial charge is 0.483 e. The third-order valence-electron chi connectivity index (χ3n) is 4.54. The van der Waals surface area contributed by atoms with Gasteiger partial charge < -0.3 is 4.74 Å². The zero-order valence-electron chi connectivity index (χ0n) is 17.9. The summed E-state index contributed by atoms with van der Waals surface area (Å²) < 4.78 is 46.0. The van der Waals surface area contributed by atoms with Crippen LogP contribution in [0.2, 0.25) is 0 Å².